The van der Waals surface area contributed by atoms with Crippen LogP contribution in [0.25, 0.3) is 10.9 Å². The number of benzene rings is 2. The van der Waals surface area contributed by atoms with Gasteiger partial charge >= 0.3 is 5.97 Å². The van der Waals surface area contributed by atoms with Crippen molar-refractivity contribution in [3.63, 3.8) is 0 Å². The Bertz CT molecular complexity index is 1020. The van der Waals surface area contributed by atoms with Gasteiger partial charge in [-0.05, 0) is 36.2 Å². The fourth-order valence-corrected chi connectivity index (χ4v) is 3.74. The Morgan fingerprint density at radius 3 is 2.50 bits per heavy atom. The number of thioether (sulfide) groups is 1. The number of ether oxygens (including phenoxy) is 1. The second-order valence-electron chi connectivity index (χ2n) is 6.25. The first-order valence-electron chi connectivity index (χ1n) is 8.41. The van der Waals surface area contributed by atoms with Gasteiger partial charge in [0.15, 0.2) is 11.6 Å². The number of carboxylic acid groups (broad SMARTS) is 1. The average molecular weight is 409 g/mol. The summed E-state index contributed by atoms with van der Waals surface area (Å²) < 4.78 is 46.1. The standard InChI is InChI=1S/C20H18F3NO3S/c1-11-14(8-19(25)26)15-7-18(27-2)16(21)9-17(15)24(11)10-12-3-5-13(6-4-12)28-20(22)23/h3-7,9,20H,8,10H2,1-2H3,(H,25,26). The lowest BCUT2D eigenvalue weighted by molar-refractivity contribution is -0.136. The summed E-state index contributed by atoms with van der Waals surface area (Å²) in [7, 11) is 1.35. The van der Waals surface area contributed by atoms with E-state index in [0.717, 1.165) is 5.56 Å². The highest BCUT2D eigenvalue weighted by Gasteiger charge is 2.19. The molecule has 148 valence electrons. The molecule has 4 nitrogen and oxygen atoms in total. The quantitative estimate of drug-likeness (QED) is 0.553. The molecule has 8 heteroatoms. The lowest BCUT2D eigenvalue weighted by atomic mass is 10.1. The fraction of sp³-hybridized carbons (Fsp3) is 0.250. The number of hydrogen-bond acceptors (Lipinski definition) is 3. The fourth-order valence-electron chi connectivity index (χ4n) is 3.24. The number of aromatic nitrogens is 1. The maximum Gasteiger partial charge on any atom is 0.307 e. The van der Waals surface area contributed by atoms with Gasteiger partial charge in [0, 0.05) is 28.6 Å². The van der Waals surface area contributed by atoms with Crippen molar-refractivity contribution in [2.24, 2.45) is 0 Å². The molecule has 0 aliphatic heterocycles. The van der Waals surface area contributed by atoms with Crippen molar-refractivity contribution in [1.29, 1.82) is 0 Å². The molecule has 1 N–H and O–H groups in total. The Morgan fingerprint density at radius 1 is 1.25 bits per heavy atom. The Labute approximate surface area is 163 Å². The van der Waals surface area contributed by atoms with Crippen LogP contribution in [0.1, 0.15) is 16.8 Å². The van der Waals surface area contributed by atoms with Crippen molar-refractivity contribution in [1.82, 2.24) is 4.57 Å². The Morgan fingerprint density at radius 2 is 1.93 bits per heavy atom. The molecule has 0 amide bonds. The number of rotatable bonds is 7. The summed E-state index contributed by atoms with van der Waals surface area (Å²) in [5.41, 5.74) is 2.68. The van der Waals surface area contributed by atoms with Gasteiger partial charge in [-0.25, -0.2) is 4.39 Å². The highest BCUT2D eigenvalue weighted by atomic mass is 32.2. The molecule has 28 heavy (non-hydrogen) atoms. The third kappa shape index (κ3) is 4.11. The number of halogens is 3. The average Bonchev–Trinajstić information content (AvgIpc) is 2.86. The van der Waals surface area contributed by atoms with Crippen LogP contribution in [0.15, 0.2) is 41.3 Å². The van der Waals surface area contributed by atoms with Crippen LogP contribution in [0.2, 0.25) is 0 Å². The summed E-state index contributed by atoms with van der Waals surface area (Å²) in [6.07, 6.45) is -0.200. The molecule has 0 saturated carbocycles. The number of aliphatic carboxylic acids is 1. The van der Waals surface area contributed by atoms with Crippen molar-refractivity contribution < 1.29 is 27.8 Å². The van der Waals surface area contributed by atoms with Gasteiger partial charge in [-0.2, -0.15) is 8.78 Å². The molecule has 0 saturated heterocycles. The van der Waals surface area contributed by atoms with Crippen LogP contribution in [0.5, 0.6) is 5.75 Å². The summed E-state index contributed by atoms with van der Waals surface area (Å²) in [5.74, 6) is -3.97. The van der Waals surface area contributed by atoms with Gasteiger partial charge in [0.1, 0.15) is 0 Å². The first-order valence-corrected chi connectivity index (χ1v) is 9.29. The Balaban J connectivity index is 2.05. The van der Waals surface area contributed by atoms with Gasteiger partial charge < -0.3 is 14.4 Å². The molecule has 3 aromatic rings. The van der Waals surface area contributed by atoms with E-state index in [0.29, 0.717) is 45.4 Å². The lowest BCUT2D eigenvalue weighted by Gasteiger charge is -2.10. The molecule has 0 bridgehead atoms. The van der Waals surface area contributed by atoms with Crippen LogP contribution < -0.4 is 4.74 Å². The van der Waals surface area contributed by atoms with E-state index in [-0.39, 0.29) is 12.2 Å². The van der Waals surface area contributed by atoms with E-state index in [4.69, 9.17) is 4.74 Å². The number of carbonyl (C=O) groups is 1. The van der Waals surface area contributed by atoms with Crippen molar-refractivity contribution in [2.45, 2.75) is 30.5 Å². The van der Waals surface area contributed by atoms with Gasteiger partial charge in [-0.1, -0.05) is 23.9 Å². The molecule has 0 spiro atoms. The summed E-state index contributed by atoms with van der Waals surface area (Å²) in [5, 5.41) is 9.87. The smallest absolute Gasteiger partial charge is 0.307 e. The molecule has 0 aliphatic rings. The molecule has 1 aromatic heterocycles. The zero-order valence-corrected chi connectivity index (χ0v) is 16.0. The normalized spacial score (nSPS) is 11.4. The Hall–Kier alpha value is -2.61. The van der Waals surface area contributed by atoms with Crippen molar-refractivity contribution in [2.75, 3.05) is 7.11 Å². The number of fused-ring (bicyclic) bond motifs is 1. The summed E-state index contributed by atoms with van der Waals surface area (Å²) in [4.78, 5) is 11.8. The minimum Gasteiger partial charge on any atom is -0.494 e. The van der Waals surface area contributed by atoms with Crippen molar-refractivity contribution in [3.8, 4) is 5.75 Å². The third-order valence-electron chi connectivity index (χ3n) is 4.54. The van der Waals surface area contributed by atoms with Gasteiger partial charge in [-0.15, -0.1) is 0 Å². The molecule has 0 radical (unpaired) electrons. The topological polar surface area (TPSA) is 51.5 Å². The molecule has 0 aliphatic carbocycles. The van der Waals surface area contributed by atoms with E-state index in [1.165, 1.54) is 19.2 Å². The van der Waals surface area contributed by atoms with E-state index < -0.39 is 17.5 Å². The highest BCUT2D eigenvalue weighted by Crippen LogP contribution is 2.33. The number of hydrogen-bond donors (Lipinski definition) is 1. The van der Waals surface area contributed by atoms with Crippen LogP contribution >= 0.6 is 11.8 Å². The van der Waals surface area contributed by atoms with Crippen LogP contribution in [0.4, 0.5) is 13.2 Å². The zero-order valence-electron chi connectivity index (χ0n) is 15.2. The van der Waals surface area contributed by atoms with Crippen LogP contribution in [-0.2, 0) is 17.8 Å². The van der Waals surface area contributed by atoms with E-state index in [9.17, 15) is 23.1 Å². The predicted octanol–water partition coefficient (Wildman–Crippen LogP) is 5.09. The molecule has 0 atom stereocenters. The van der Waals surface area contributed by atoms with Gasteiger partial charge in [0.25, 0.3) is 5.76 Å². The molecule has 1 heterocycles. The number of nitrogens with zero attached hydrogens (tertiary/aromatic N) is 1. The third-order valence-corrected chi connectivity index (χ3v) is 5.27. The minimum atomic E-state index is -2.49. The van der Waals surface area contributed by atoms with Crippen molar-refractivity contribution in [3.05, 3.63) is 59.0 Å². The first-order chi connectivity index (χ1) is 13.3. The summed E-state index contributed by atoms with van der Waals surface area (Å²) in [6.45, 7) is 2.14. The largest absolute Gasteiger partial charge is 0.494 e. The monoisotopic (exact) mass is 409 g/mol. The van der Waals surface area contributed by atoms with Crippen molar-refractivity contribution >= 4 is 28.6 Å². The SMILES string of the molecule is COc1cc2c(CC(=O)O)c(C)n(Cc3ccc(SC(F)F)cc3)c2cc1F. The molecule has 0 fully saturated rings. The van der Waals surface area contributed by atoms with Gasteiger partial charge in [-0.3, -0.25) is 4.79 Å². The van der Waals surface area contributed by atoms with E-state index >= 15 is 0 Å². The lowest BCUT2D eigenvalue weighted by Crippen LogP contribution is -2.05. The molecular weight excluding hydrogens is 391 g/mol. The second kappa shape index (κ2) is 8.18. The molecule has 0 unspecified atom stereocenters. The number of methoxy groups -OCH3 is 1. The van der Waals surface area contributed by atoms with E-state index in [1.54, 1.807) is 31.2 Å². The summed E-state index contributed by atoms with van der Waals surface area (Å²) in [6, 6.07) is 9.51. The van der Waals surface area contributed by atoms with Crippen LogP contribution in [0, 0.1) is 12.7 Å². The zero-order chi connectivity index (χ0) is 20.4. The summed E-state index contributed by atoms with van der Waals surface area (Å²) >= 11 is 0.467. The maximum atomic E-state index is 14.3. The highest BCUT2D eigenvalue weighted by molar-refractivity contribution is 7.99. The Kier molecular flexibility index (Phi) is 5.88. The maximum absolute atomic E-state index is 14.3. The molecule has 2 aromatic carbocycles. The molecule has 3 rings (SSSR count). The second-order valence-corrected chi connectivity index (χ2v) is 7.31. The van der Waals surface area contributed by atoms with Crippen LogP contribution in [0.3, 0.4) is 0 Å². The van der Waals surface area contributed by atoms with E-state index in [1.807, 2.05) is 4.57 Å². The predicted molar refractivity (Wildman–Crippen MR) is 102 cm³/mol. The first kappa shape index (κ1) is 20.1. The van der Waals surface area contributed by atoms with Crippen LogP contribution in [-0.4, -0.2) is 28.5 Å². The van der Waals surface area contributed by atoms with Gasteiger partial charge in [0.05, 0.1) is 19.0 Å². The van der Waals surface area contributed by atoms with E-state index in [2.05, 4.69) is 0 Å². The van der Waals surface area contributed by atoms with Gasteiger partial charge in [0.2, 0.25) is 0 Å². The number of carboxylic acids is 1. The number of alkyl halides is 2. The molecular formula is C20H18F3NO3S. The minimum absolute atomic E-state index is 0.0460.